The van der Waals surface area contributed by atoms with Crippen molar-refractivity contribution >= 4 is 39.4 Å². The van der Waals surface area contributed by atoms with Crippen molar-refractivity contribution < 1.29 is 4.74 Å². The minimum atomic E-state index is 0.588. The lowest BCUT2D eigenvalue weighted by Gasteiger charge is -2.09. The second-order valence-corrected chi connectivity index (χ2v) is 7.94. The monoisotopic (exact) mass is 441 g/mol. The zero-order chi connectivity index (χ0) is 22.8. The van der Waals surface area contributed by atoms with Crippen molar-refractivity contribution in [3.05, 3.63) is 66.2 Å². The highest BCUT2D eigenvalue weighted by Crippen LogP contribution is 2.25. The molecule has 0 atom stereocenters. The molecule has 33 heavy (non-hydrogen) atoms. The van der Waals surface area contributed by atoms with E-state index in [0.717, 1.165) is 46.1 Å². The second-order valence-electron chi connectivity index (χ2n) is 7.94. The summed E-state index contributed by atoms with van der Waals surface area (Å²) in [5.41, 5.74) is 5.34. The molecule has 0 saturated carbocycles. The minimum absolute atomic E-state index is 0.588. The molecule has 0 aliphatic carbocycles. The Morgan fingerprint density at radius 2 is 2.00 bits per heavy atom. The minimum Gasteiger partial charge on any atom is -0.494 e. The number of hydrogen-bond acceptors (Lipinski definition) is 6. The summed E-state index contributed by atoms with van der Waals surface area (Å²) in [6, 6.07) is 14.1. The van der Waals surface area contributed by atoms with E-state index < -0.39 is 0 Å². The molecule has 2 aromatic carbocycles. The Bertz CT molecular complexity index is 1420. The van der Waals surface area contributed by atoms with E-state index in [1.54, 1.807) is 6.20 Å². The van der Waals surface area contributed by atoms with Gasteiger partial charge < -0.3 is 24.9 Å². The van der Waals surface area contributed by atoms with Gasteiger partial charge in [-0.05, 0) is 68.3 Å². The number of aromatic nitrogens is 5. The molecular formula is C25H27N7O. The first kappa shape index (κ1) is 20.8. The smallest absolute Gasteiger partial charge is 0.224 e. The average Bonchev–Trinajstić information content (AvgIpc) is 3.34. The summed E-state index contributed by atoms with van der Waals surface area (Å²) in [6.45, 7) is 5.37. The number of H-pyrrole nitrogens is 1. The largest absolute Gasteiger partial charge is 0.494 e. The van der Waals surface area contributed by atoms with Crippen molar-refractivity contribution in [3.63, 3.8) is 0 Å². The van der Waals surface area contributed by atoms with Gasteiger partial charge in [0.2, 0.25) is 5.95 Å². The summed E-state index contributed by atoms with van der Waals surface area (Å²) >= 11 is 0. The molecule has 0 aliphatic rings. The molecule has 0 radical (unpaired) electrons. The van der Waals surface area contributed by atoms with Gasteiger partial charge >= 0.3 is 0 Å². The molecule has 0 saturated heterocycles. The van der Waals surface area contributed by atoms with Gasteiger partial charge in [0.15, 0.2) is 0 Å². The van der Waals surface area contributed by atoms with Gasteiger partial charge in [0.1, 0.15) is 17.4 Å². The van der Waals surface area contributed by atoms with Crippen molar-refractivity contribution in [2.24, 2.45) is 7.05 Å². The van der Waals surface area contributed by atoms with Gasteiger partial charge in [0.25, 0.3) is 0 Å². The third-order valence-electron chi connectivity index (χ3n) is 5.76. The van der Waals surface area contributed by atoms with Gasteiger partial charge in [-0.25, -0.2) is 9.97 Å². The summed E-state index contributed by atoms with van der Waals surface area (Å²) in [6.07, 6.45) is 4.64. The summed E-state index contributed by atoms with van der Waals surface area (Å²) in [7, 11) is 2.02. The van der Waals surface area contributed by atoms with Gasteiger partial charge in [0.05, 0.1) is 17.6 Å². The predicted octanol–water partition coefficient (Wildman–Crippen LogP) is 4.95. The van der Waals surface area contributed by atoms with E-state index in [0.29, 0.717) is 19.1 Å². The normalized spacial score (nSPS) is 11.2. The molecule has 0 spiro atoms. The van der Waals surface area contributed by atoms with E-state index in [4.69, 9.17) is 4.74 Å². The van der Waals surface area contributed by atoms with Crippen LogP contribution in [0.4, 0.5) is 17.5 Å². The van der Waals surface area contributed by atoms with E-state index in [9.17, 15) is 0 Å². The topological polar surface area (TPSA) is 92.7 Å². The predicted molar refractivity (Wildman–Crippen MR) is 132 cm³/mol. The number of nitrogens with zero attached hydrogens (tertiary/aromatic N) is 4. The lowest BCUT2D eigenvalue weighted by molar-refractivity contribution is 0.340. The highest BCUT2D eigenvalue weighted by atomic mass is 16.5. The third kappa shape index (κ3) is 4.32. The van der Waals surface area contributed by atoms with E-state index >= 15 is 0 Å². The number of anilines is 3. The maximum absolute atomic E-state index is 5.64. The third-order valence-corrected chi connectivity index (χ3v) is 5.76. The average molecular weight is 442 g/mol. The highest BCUT2D eigenvalue weighted by molar-refractivity contribution is 5.84. The van der Waals surface area contributed by atoms with Crippen LogP contribution >= 0.6 is 0 Å². The molecule has 3 heterocycles. The molecule has 8 nitrogen and oxygen atoms in total. The standard InChI is InChI=1S/C25H27N7O/c1-4-33-19-6-7-21-20(14-19)17(15-28-21)9-11-26-25-27-12-10-24(31-25)30-18-5-8-23-22(13-18)29-16(2)32(23)3/h5-8,10,12-15,28H,4,9,11H2,1-3H3,(H2,26,27,30,31). The summed E-state index contributed by atoms with van der Waals surface area (Å²) in [5, 5.41) is 7.86. The van der Waals surface area contributed by atoms with Crippen molar-refractivity contribution in [1.82, 2.24) is 24.5 Å². The summed E-state index contributed by atoms with van der Waals surface area (Å²) in [4.78, 5) is 16.9. The van der Waals surface area contributed by atoms with E-state index in [1.165, 1.54) is 10.9 Å². The van der Waals surface area contributed by atoms with Crippen molar-refractivity contribution in [2.45, 2.75) is 20.3 Å². The number of benzene rings is 2. The Balaban J connectivity index is 1.25. The molecule has 8 heteroatoms. The van der Waals surface area contributed by atoms with Gasteiger partial charge in [-0.3, -0.25) is 0 Å². The van der Waals surface area contributed by atoms with Crippen LogP contribution in [0, 0.1) is 6.92 Å². The number of rotatable bonds is 8. The number of hydrogen-bond donors (Lipinski definition) is 3. The van der Waals surface area contributed by atoms with Gasteiger partial charge in [-0.2, -0.15) is 4.98 Å². The first-order valence-electron chi connectivity index (χ1n) is 11.1. The molecule has 0 amide bonds. The molecule has 0 fully saturated rings. The van der Waals surface area contributed by atoms with E-state index in [2.05, 4.69) is 59.5 Å². The van der Waals surface area contributed by atoms with Crippen LogP contribution in [-0.2, 0) is 13.5 Å². The molecule has 5 rings (SSSR count). The first-order valence-corrected chi connectivity index (χ1v) is 11.1. The quantitative estimate of drug-likeness (QED) is 0.316. The number of aromatic amines is 1. The van der Waals surface area contributed by atoms with Crippen LogP contribution in [0.3, 0.4) is 0 Å². The molecule has 3 aromatic heterocycles. The van der Waals surface area contributed by atoms with Gasteiger partial charge in [-0.15, -0.1) is 0 Å². The highest BCUT2D eigenvalue weighted by Gasteiger charge is 2.08. The van der Waals surface area contributed by atoms with Crippen LogP contribution in [-0.4, -0.2) is 37.7 Å². The number of ether oxygens (including phenoxy) is 1. The van der Waals surface area contributed by atoms with E-state index in [1.807, 2.05) is 45.2 Å². The fraction of sp³-hybridized carbons (Fsp3) is 0.240. The second kappa shape index (κ2) is 8.82. The summed E-state index contributed by atoms with van der Waals surface area (Å²) < 4.78 is 7.72. The van der Waals surface area contributed by atoms with Crippen LogP contribution in [0.25, 0.3) is 21.9 Å². The number of fused-ring (bicyclic) bond motifs is 2. The Labute approximate surface area is 192 Å². The maximum Gasteiger partial charge on any atom is 0.224 e. The zero-order valence-corrected chi connectivity index (χ0v) is 19.0. The van der Waals surface area contributed by atoms with Crippen LogP contribution in [0.15, 0.2) is 54.9 Å². The van der Waals surface area contributed by atoms with Gasteiger partial charge in [0, 0.05) is 42.6 Å². The van der Waals surface area contributed by atoms with Crippen molar-refractivity contribution in [3.8, 4) is 5.75 Å². The molecule has 5 aromatic rings. The molecule has 0 unspecified atom stereocenters. The van der Waals surface area contributed by atoms with Crippen molar-refractivity contribution in [1.29, 1.82) is 0 Å². The lowest BCUT2D eigenvalue weighted by Crippen LogP contribution is -2.08. The number of imidazole rings is 1. The SMILES string of the molecule is CCOc1ccc2[nH]cc(CCNc3nccc(Nc4ccc5c(c4)nc(C)n5C)n3)c2c1. The first-order chi connectivity index (χ1) is 16.1. The van der Waals surface area contributed by atoms with Crippen LogP contribution in [0.1, 0.15) is 18.3 Å². The van der Waals surface area contributed by atoms with Crippen LogP contribution in [0.5, 0.6) is 5.75 Å². The summed E-state index contributed by atoms with van der Waals surface area (Å²) in [5.74, 6) is 3.19. The van der Waals surface area contributed by atoms with Crippen LogP contribution < -0.4 is 15.4 Å². The molecule has 3 N–H and O–H groups in total. The Morgan fingerprint density at radius 3 is 2.88 bits per heavy atom. The fourth-order valence-electron chi connectivity index (χ4n) is 3.99. The molecular weight excluding hydrogens is 414 g/mol. The molecule has 0 bridgehead atoms. The lowest BCUT2D eigenvalue weighted by atomic mass is 10.1. The zero-order valence-electron chi connectivity index (χ0n) is 19.0. The number of aryl methyl sites for hydroxylation is 2. The van der Waals surface area contributed by atoms with E-state index in [-0.39, 0.29) is 0 Å². The number of nitrogens with one attached hydrogen (secondary N) is 3. The van der Waals surface area contributed by atoms with Crippen molar-refractivity contribution in [2.75, 3.05) is 23.8 Å². The Hall–Kier alpha value is -4.07. The Kier molecular flexibility index (Phi) is 5.56. The molecule has 0 aliphatic heterocycles. The molecule has 168 valence electrons. The Morgan fingerprint density at radius 1 is 1.09 bits per heavy atom. The maximum atomic E-state index is 5.64. The van der Waals surface area contributed by atoms with Gasteiger partial charge in [-0.1, -0.05) is 0 Å². The van der Waals surface area contributed by atoms with Crippen LogP contribution in [0.2, 0.25) is 0 Å². The fourth-order valence-corrected chi connectivity index (χ4v) is 3.99.